The fourth-order valence-electron chi connectivity index (χ4n) is 1.00. The third-order valence-corrected chi connectivity index (χ3v) is 3.44. The lowest BCUT2D eigenvalue weighted by Gasteiger charge is -1.97. The van der Waals surface area contributed by atoms with Crippen LogP contribution < -0.4 is 5.32 Å². The first-order valence-electron chi connectivity index (χ1n) is 4.28. The van der Waals surface area contributed by atoms with Crippen molar-refractivity contribution < 1.29 is 9.72 Å². The van der Waals surface area contributed by atoms with E-state index in [0.717, 1.165) is 29.1 Å². The summed E-state index contributed by atoms with van der Waals surface area (Å²) in [5.41, 5.74) is 0.513. The van der Waals surface area contributed by atoms with Crippen LogP contribution in [0.2, 0.25) is 0 Å². The highest BCUT2D eigenvalue weighted by molar-refractivity contribution is 7.19. The molecule has 0 bridgehead atoms. The van der Waals surface area contributed by atoms with Gasteiger partial charge in [0.2, 0.25) is 0 Å². The number of hydrogen-bond acceptors (Lipinski definition) is 8. The molecule has 0 atom stereocenters. The summed E-state index contributed by atoms with van der Waals surface area (Å²) in [6.45, 7) is 1.66. The van der Waals surface area contributed by atoms with Crippen LogP contribution in [-0.4, -0.2) is 25.4 Å². The molecule has 10 heteroatoms. The molecule has 17 heavy (non-hydrogen) atoms. The van der Waals surface area contributed by atoms with Gasteiger partial charge in [-0.1, -0.05) is 4.49 Å². The number of aromatic nitrogens is 3. The van der Waals surface area contributed by atoms with Gasteiger partial charge in [0.05, 0.1) is 10.6 Å². The molecule has 8 nitrogen and oxygen atoms in total. The normalized spacial score (nSPS) is 10.2. The predicted molar refractivity (Wildman–Crippen MR) is 61.4 cm³/mol. The lowest BCUT2D eigenvalue weighted by atomic mass is 10.4. The summed E-state index contributed by atoms with van der Waals surface area (Å²) >= 11 is 1.75. The molecule has 0 saturated carbocycles. The number of amides is 1. The van der Waals surface area contributed by atoms with E-state index in [0.29, 0.717) is 10.6 Å². The van der Waals surface area contributed by atoms with Crippen molar-refractivity contribution in [2.45, 2.75) is 6.92 Å². The molecule has 0 unspecified atom stereocenters. The van der Waals surface area contributed by atoms with Crippen LogP contribution in [-0.2, 0) is 0 Å². The van der Waals surface area contributed by atoms with E-state index in [9.17, 15) is 14.9 Å². The number of carbonyl (C=O) groups is 1. The molecule has 0 saturated heterocycles. The van der Waals surface area contributed by atoms with E-state index in [1.165, 1.54) is 0 Å². The van der Waals surface area contributed by atoms with Gasteiger partial charge in [0.1, 0.15) is 11.1 Å². The van der Waals surface area contributed by atoms with Crippen LogP contribution in [0.4, 0.5) is 10.1 Å². The van der Waals surface area contributed by atoms with Crippen LogP contribution in [0.3, 0.4) is 0 Å². The first kappa shape index (κ1) is 11.5. The molecule has 2 aromatic heterocycles. The van der Waals surface area contributed by atoms with E-state index < -0.39 is 10.8 Å². The van der Waals surface area contributed by atoms with Crippen molar-refractivity contribution in [3.8, 4) is 0 Å². The van der Waals surface area contributed by atoms with Crippen molar-refractivity contribution in [1.29, 1.82) is 0 Å². The number of nitro groups is 1. The van der Waals surface area contributed by atoms with Crippen molar-refractivity contribution in [2.75, 3.05) is 5.32 Å². The Hall–Kier alpha value is -1.94. The van der Waals surface area contributed by atoms with Gasteiger partial charge in [-0.3, -0.25) is 20.2 Å². The zero-order valence-electron chi connectivity index (χ0n) is 8.41. The van der Waals surface area contributed by atoms with Crippen LogP contribution >= 0.6 is 22.9 Å². The van der Waals surface area contributed by atoms with Gasteiger partial charge in [0.25, 0.3) is 5.91 Å². The minimum absolute atomic E-state index is 0.126. The number of anilines is 1. The Bertz CT molecular complexity index is 578. The molecule has 0 aliphatic carbocycles. The molecule has 2 rings (SSSR count). The Kier molecular flexibility index (Phi) is 3.06. The molecule has 0 radical (unpaired) electrons. The fourth-order valence-corrected chi connectivity index (χ4v) is 2.18. The summed E-state index contributed by atoms with van der Waals surface area (Å²) in [4.78, 5) is 25.6. The highest BCUT2D eigenvalue weighted by atomic mass is 32.1. The Morgan fingerprint density at radius 3 is 2.88 bits per heavy atom. The molecule has 88 valence electrons. The first-order valence-corrected chi connectivity index (χ1v) is 5.87. The molecule has 0 aliphatic heterocycles. The Labute approximate surface area is 103 Å². The summed E-state index contributed by atoms with van der Waals surface area (Å²) in [5, 5.41) is 16.6. The van der Waals surface area contributed by atoms with Crippen LogP contribution in [0.5, 0.6) is 0 Å². The number of nitrogens with one attached hydrogen (secondary N) is 1. The van der Waals surface area contributed by atoms with Gasteiger partial charge < -0.3 is 0 Å². The van der Waals surface area contributed by atoms with Gasteiger partial charge >= 0.3 is 5.00 Å². The molecule has 2 aromatic rings. The Morgan fingerprint density at radius 2 is 2.35 bits per heavy atom. The largest absolute Gasteiger partial charge is 0.345 e. The summed E-state index contributed by atoms with van der Waals surface area (Å²) < 4.78 is 3.62. The second-order valence-electron chi connectivity index (χ2n) is 2.90. The number of aryl methyl sites for hydroxylation is 1. The molecular weight excluding hydrogens is 266 g/mol. The maximum Gasteiger partial charge on any atom is 0.345 e. The maximum atomic E-state index is 11.7. The number of nitrogens with zero attached hydrogens (tertiary/aromatic N) is 4. The van der Waals surface area contributed by atoms with Crippen molar-refractivity contribution in [1.82, 2.24) is 14.6 Å². The van der Waals surface area contributed by atoms with Crippen molar-refractivity contribution in [2.24, 2.45) is 0 Å². The van der Waals surface area contributed by atoms with Crippen LogP contribution in [0.15, 0.2) is 6.20 Å². The van der Waals surface area contributed by atoms with E-state index in [-0.39, 0.29) is 10.1 Å². The zero-order valence-corrected chi connectivity index (χ0v) is 10.0. The lowest BCUT2D eigenvalue weighted by molar-refractivity contribution is -0.380. The Balaban J connectivity index is 2.13. The molecule has 0 aliphatic rings. The number of hydrogen-bond donors (Lipinski definition) is 1. The van der Waals surface area contributed by atoms with Crippen LogP contribution in [0.1, 0.15) is 15.4 Å². The minimum Gasteiger partial charge on any atom is -0.297 e. The maximum absolute atomic E-state index is 11.7. The van der Waals surface area contributed by atoms with Crippen molar-refractivity contribution in [3.63, 3.8) is 0 Å². The topological polar surface area (TPSA) is 111 Å². The van der Waals surface area contributed by atoms with E-state index in [1.54, 1.807) is 6.92 Å². The highest BCUT2D eigenvalue weighted by Gasteiger charge is 2.17. The SMILES string of the molecule is Cc1nnsc1C(=O)Nc1ncc([N+](=O)[O-])s1. The predicted octanol–water partition coefficient (Wildman–Crippen LogP) is 1.46. The molecule has 1 amide bonds. The molecule has 0 aromatic carbocycles. The standard InChI is InChI=1S/C7H5N5O3S2/c1-3-5(17-11-10-3)6(13)9-7-8-2-4(16-7)12(14)15/h2H,1H3,(H,8,9,13). The average Bonchev–Trinajstić information content (AvgIpc) is 2.86. The molecule has 0 fully saturated rings. The smallest absolute Gasteiger partial charge is 0.297 e. The van der Waals surface area contributed by atoms with E-state index in [4.69, 9.17) is 0 Å². The summed E-state index contributed by atoms with van der Waals surface area (Å²) in [6, 6.07) is 0. The van der Waals surface area contributed by atoms with Gasteiger partial charge in [-0.15, -0.1) is 5.10 Å². The monoisotopic (exact) mass is 271 g/mol. The van der Waals surface area contributed by atoms with Gasteiger partial charge in [-0.2, -0.15) is 0 Å². The van der Waals surface area contributed by atoms with E-state index >= 15 is 0 Å². The number of rotatable bonds is 3. The zero-order chi connectivity index (χ0) is 12.4. The molecule has 0 spiro atoms. The second-order valence-corrected chi connectivity index (χ2v) is 4.67. The average molecular weight is 271 g/mol. The van der Waals surface area contributed by atoms with E-state index in [1.807, 2.05) is 0 Å². The van der Waals surface area contributed by atoms with Gasteiger partial charge in [-0.25, -0.2) is 4.98 Å². The minimum atomic E-state index is -0.563. The molecule has 1 N–H and O–H groups in total. The van der Waals surface area contributed by atoms with Gasteiger partial charge in [0, 0.05) is 0 Å². The number of thiazole rings is 1. The first-order chi connectivity index (χ1) is 8.08. The van der Waals surface area contributed by atoms with Gasteiger partial charge in [-0.05, 0) is 29.8 Å². The van der Waals surface area contributed by atoms with Crippen molar-refractivity contribution >= 4 is 38.9 Å². The highest BCUT2D eigenvalue weighted by Crippen LogP contribution is 2.25. The van der Waals surface area contributed by atoms with E-state index in [2.05, 4.69) is 19.9 Å². The molecule has 2 heterocycles. The number of carbonyl (C=O) groups excluding carboxylic acids is 1. The summed E-state index contributed by atoms with van der Waals surface area (Å²) in [6.07, 6.45) is 1.10. The molecular formula is C7H5N5O3S2. The van der Waals surface area contributed by atoms with Crippen LogP contribution in [0.25, 0.3) is 0 Å². The van der Waals surface area contributed by atoms with Gasteiger partial charge in [0.15, 0.2) is 5.13 Å². The second kappa shape index (κ2) is 4.51. The van der Waals surface area contributed by atoms with Crippen molar-refractivity contribution in [3.05, 3.63) is 26.9 Å². The third kappa shape index (κ3) is 2.42. The summed E-state index contributed by atoms with van der Waals surface area (Å²) in [5.74, 6) is -0.415. The van der Waals surface area contributed by atoms with Crippen LogP contribution in [0, 0.1) is 17.0 Å². The Morgan fingerprint density at radius 1 is 1.59 bits per heavy atom. The lowest BCUT2D eigenvalue weighted by Crippen LogP contribution is -2.11. The quantitative estimate of drug-likeness (QED) is 0.668. The third-order valence-electron chi connectivity index (χ3n) is 1.75. The fraction of sp³-hybridized carbons (Fsp3) is 0.143. The summed E-state index contributed by atoms with van der Waals surface area (Å²) in [7, 11) is 0.